The van der Waals surface area contributed by atoms with Gasteiger partial charge >= 0.3 is 0 Å². The maximum Gasteiger partial charge on any atom is 0.160 e. The molecule has 0 saturated carbocycles. The highest BCUT2D eigenvalue weighted by Gasteiger charge is 2.23. The molecule has 0 radical (unpaired) electrons. The van der Waals surface area contributed by atoms with Crippen LogP contribution in [0.5, 0.6) is 0 Å². The first-order valence-electron chi connectivity index (χ1n) is 22.1. The molecule has 3 nitrogen and oxygen atoms in total. The molecular weight excluding hydrogens is 775 g/mol. The maximum absolute atomic E-state index is 5.13. The Balaban J connectivity index is 0.967. The summed E-state index contributed by atoms with van der Waals surface area (Å²) in [6, 6.07) is 75.7. The first kappa shape index (κ1) is 38.8. The van der Waals surface area contributed by atoms with Crippen LogP contribution in [0.2, 0.25) is 0 Å². The average Bonchev–Trinajstić information content (AvgIpc) is 3.61. The van der Waals surface area contributed by atoms with Gasteiger partial charge in [0.25, 0.3) is 0 Å². The van der Waals surface area contributed by atoms with E-state index in [9.17, 15) is 0 Å². The first-order chi connectivity index (χ1) is 31.7. The average molecular weight is 820 g/mol. The summed E-state index contributed by atoms with van der Waals surface area (Å²) in [5.41, 5.74) is 18.3. The van der Waals surface area contributed by atoms with E-state index in [1.165, 1.54) is 44.1 Å². The molecule has 0 amide bonds. The Hall–Kier alpha value is -8.14. The maximum atomic E-state index is 5.13. The van der Waals surface area contributed by atoms with E-state index < -0.39 is 0 Å². The summed E-state index contributed by atoms with van der Waals surface area (Å²) in [6.45, 7) is 4.31. The summed E-state index contributed by atoms with van der Waals surface area (Å²) >= 11 is 0. The van der Waals surface area contributed by atoms with Crippen LogP contribution < -0.4 is 0 Å². The van der Waals surface area contributed by atoms with Gasteiger partial charge in [0.1, 0.15) is 0 Å². The number of fused-ring (bicyclic) bond motifs is 4. The third-order valence-electron chi connectivity index (χ3n) is 12.7. The SMILES string of the molecule is C=CC1=C(/C=C/c2cccc(-n3c4ccccc4c4ccc(-c5cccc(-c6cc(-c7ccccc7)nc(-c7ccccc7)n6)c5)cc43)c2)CCC(c2ccccc2)c2ccccc21. The highest BCUT2D eigenvalue weighted by molar-refractivity contribution is 6.10. The van der Waals surface area contributed by atoms with E-state index in [4.69, 9.17) is 9.97 Å². The van der Waals surface area contributed by atoms with Crippen molar-refractivity contribution in [1.82, 2.24) is 14.5 Å². The largest absolute Gasteiger partial charge is 0.309 e. The zero-order chi connectivity index (χ0) is 42.8. The van der Waals surface area contributed by atoms with Crippen LogP contribution in [0.15, 0.2) is 237 Å². The van der Waals surface area contributed by atoms with Crippen LogP contribution in [0.3, 0.4) is 0 Å². The first-order valence-corrected chi connectivity index (χ1v) is 22.1. The minimum Gasteiger partial charge on any atom is -0.309 e. The fraction of sp³-hybridized carbons (Fsp3) is 0.0492. The lowest BCUT2D eigenvalue weighted by molar-refractivity contribution is 0.725. The highest BCUT2D eigenvalue weighted by Crippen LogP contribution is 2.42. The monoisotopic (exact) mass is 819 g/mol. The van der Waals surface area contributed by atoms with Gasteiger partial charge in [0.15, 0.2) is 5.82 Å². The molecule has 1 unspecified atom stereocenters. The summed E-state index contributed by atoms with van der Waals surface area (Å²) in [7, 11) is 0. The van der Waals surface area contributed by atoms with E-state index in [0.29, 0.717) is 11.7 Å². The second-order valence-corrected chi connectivity index (χ2v) is 16.5. The van der Waals surface area contributed by atoms with E-state index in [-0.39, 0.29) is 0 Å². The number of allylic oxidation sites excluding steroid dienone is 4. The Morgan fingerprint density at radius 1 is 0.484 bits per heavy atom. The molecule has 3 heteroatoms. The number of para-hydroxylation sites is 1. The van der Waals surface area contributed by atoms with Crippen molar-refractivity contribution in [2.24, 2.45) is 0 Å². The van der Waals surface area contributed by atoms with Gasteiger partial charge in [0, 0.05) is 39.1 Å². The molecule has 0 N–H and O–H groups in total. The lowest BCUT2D eigenvalue weighted by Crippen LogP contribution is -2.02. The van der Waals surface area contributed by atoms with Crippen molar-refractivity contribution in [3.63, 3.8) is 0 Å². The molecule has 1 aliphatic carbocycles. The Morgan fingerprint density at radius 3 is 1.94 bits per heavy atom. The summed E-state index contributed by atoms with van der Waals surface area (Å²) in [4.78, 5) is 10.2. The summed E-state index contributed by atoms with van der Waals surface area (Å²) < 4.78 is 2.42. The Labute approximate surface area is 374 Å². The molecule has 304 valence electrons. The van der Waals surface area contributed by atoms with Crippen molar-refractivity contribution < 1.29 is 0 Å². The molecule has 1 atom stereocenters. The quantitative estimate of drug-likeness (QED) is 0.145. The zero-order valence-electron chi connectivity index (χ0n) is 35.5. The van der Waals surface area contributed by atoms with Gasteiger partial charge in [-0.25, -0.2) is 9.97 Å². The minimum atomic E-state index is 0.330. The number of hydrogen-bond acceptors (Lipinski definition) is 2. The van der Waals surface area contributed by atoms with Crippen LogP contribution >= 0.6 is 0 Å². The molecule has 11 rings (SSSR count). The van der Waals surface area contributed by atoms with E-state index in [1.807, 2.05) is 30.3 Å². The van der Waals surface area contributed by atoms with Crippen molar-refractivity contribution in [3.8, 4) is 50.7 Å². The highest BCUT2D eigenvalue weighted by atomic mass is 15.0. The fourth-order valence-electron chi connectivity index (χ4n) is 9.57. The van der Waals surface area contributed by atoms with E-state index >= 15 is 0 Å². The molecule has 10 aromatic rings. The normalized spacial score (nSPS) is 13.9. The molecule has 0 fully saturated rings. The number of benzene rings is 8. The van der Waals surface area contributed by atoms with Crippen LogP contribution in [0.25, 0.3) is 84.2 Å². The molecule has 2 heterocycles. The second-order valence-electron chi connectivity index (χ2n) is 16.5. The predicted molar refractivity (Wildman–Crippen MR) is 268 cm³/mol. The molecule has 0 aliphatic heterocycles. The summed E-state index contributed by atoms with van der Waals surface area (Å²) in [5, 5.41) is 2.45. The Kier molecular flexibility index (Phi) is 10.3. The molecule has 0 bridgehead atoms. The van der Waals surface area contributed by atoms with Gasteiger partial charge in [-0.15, -0.1) is 0 Å². The van der Waals surface area contributed by atoms with Gasteiger partial charge in [-0.05, 0) is 93.8 Å². The van der Waals surface area contributed by atoms with Crippen LogP contribution in [-0.2, 0) is 0 Å². The number of aromatic nitrogens is 3. The van der Waals surface area contributed by atoms with Crippen LogP contribution in [-0.4, -0.2) is 14.5 Å². The third-order valence-corrected chi connectivity index (χ3v) is 12.7. The van der Waals surface area contributed by atoms with Crippen LogP contribution in [0.1, 0.15) is 41.0 Å². The van der Waals surface area contributed by atoms with Crippen molar-refractivity contribution in [3.05, 3.63) is 259 Å². The van der Waals surface area contributed by atoms with Crippen LogP contribution in [0, 0.1) is 0 Å². The van der Waals surface area contributed by atoms with Crippen LogP contribution in [0.4, 0.5) is 0 Å². The molecule has 0 saturated heterocycles. The van der Waals surface area contributed by atoms with Crippen molar-refractivity contribution in [2.75, 3.05) is 0 Å². The second kappa shape index (κ2) is 17.0. The topological polar surface area (TPSA) is 30.7 Å². The number of hydrogen-bond donors (Lipinski definition) is 0. The fourth-order valence-corrected chi connectivity index (χ4v) is 9.57. The van der Waals surface area contributed by atoms with Gasteiger partial charge in [-0.2, -0.15) is 0 Å². The van der Waals surface area contributed by atoms with E-state index in [1.54, 1.807) is 0 Å². The van der Waals surface area contributed by atoms with Gasteiger partial charge in [0.2, 0.25) is 0 Å². The van der Waals surface area contributed by atoms with Gasteiger partial charge in [-0.1, -0.05) is 201 Å². The lowest BCUT2D eigenvalue weighted by atomic mass is 9.85. The number of nitrogens with zero attached hydrogens (tertiary/aromatic N) is 3. The third kappa shape index (κ3) is 7.37. The van der Waals surface area contributed by atoms with Crippen molar-refractivity contribution in [2.45, 2.75) is 18.8 Å². The molecule has 0 spiro atoms. The summed E-state index contributed by atoms with van der Waals surface area (Å²) in [5.74, 6) is 1.04. The Bertz CT molecular complexity index is 3340. The molecule has 2 aromatic heterocycles. The van der Waals surface area contributed by atoms with Crippen molar-refractivity contribution in [1.29, 1.82) is 0 Å². The minimum absolute atomic E-state index is 0.330. The molecule has 8 aromatic carbocycles. The summed E-state index contributed by atoms with van der Waals surface area (Å²) in [6.07, 6.45) is 8.64. The molecule has 64 heavy (non-hydrogen) atoms. The molecular formula is C61H45N3. The molecule has 1 aliphatic rings. The lowest BCUT2D eigenvalue weighted by Gasteiger charge is -2.18. The van der Waals surface area contributed by atoms with Gasteiger partial charge < -0.3 is 4.57 Å². The predicted octanol–water partition coefficient (Wildman–Crippen LogP) is 15.8. The smallest absolute Gasteiger partial charge is 0.160 e. The van der Waals surface area contributed by atoms with E-state index in [0.717, 1.165) is 68.8 Å². The standard InChI is InChI=1S/C61H45N3/c1-2-51-44(34-36-52(43-19-6-3-7-20-43)54-29-13-12-28-53(51)54)33-32-42-18-16-27-50(38-42)64-59-31-15-14-30-55(59)56-37-35-48(40-60(56)64)47-25-17-26-49(39-47)58-41-57(45-21-8-4-9-22-45)62-61(63-58)46-23-10-5-11-24-46/h2-33,35,37-41,52H,1,34,36H2/b33-32+. The van der Waals surface area contributed by atoms with Gasteiger partial charge in [0.05, 0.1) is 22.4 Å². The van der Waals surface area contributed by atoms with Gasteiger partial charge in [-0.3, -0.25) is 0 Å². The number of rotatable bonds is 9. The van der Waals surface area contributed by atoms with E-state index in [2.05, 4.69) is 211 Å². The Morgan fingerprint density at radius 2 is 1.12 bits per heavy atom. The zero-order valence-corrected chi connectivity index (χ0v) is 35.5. The van der Waals surface area contributed by atoms with Crippen molar-refractivity contribution >= 4 is 33.5 Å².